The predicted molar refractivity (Wildman–Crippen MR) is 57.9 cm³/mol. The monoisotopic (exact) mass is 207 g/mol. The van der Waals surface area contributed by atoms with Crippen LogP contribution in [0.5, 0.6) is 0 Å². The van der Waals surface area contributed by atoms with Gasteiger partial charge in [-0.3, -0.25) is 0 Å². The van der Waals surface area contributed by atoms with Gasteiger partial charge in [-0.05, 0) is 26.2 Å². The molecular formula is C10H13N3S. The molecule has 0 saturated heterocycles. The second kappa shape index (κ2) is 2.97. The quantitative estimate of drug-likeness (QED) is 0.680. The minimum absolute atomic E-state index is 0.368. The van der Waals surface area contributed by atoms with E-state index in [1.54, 1.807) is 0 Å². The van der Waals surface area contributed by atoms with Gasteiger partial charge < -0.3 is 11.5 Å². The summed E-state index contributed by atoms with van der Waals surface area (Å²) in [6.45, 7) is 1.98. The standard InChI is InChI=1S/C10H13N3S/c1-10(13)4-2-3-7-8(10)6(5-11)9(12)14-7/h2-4,12-13H2,1H3/t10-/m0/s1. The number of aryl methyl sites for hydroxylation is 1. The summed E-state index contributed by atoms with van der Waals surface area (Å²) >= 11 is 1.52. The third-order valence-corrected chi connectivity index (χ3v) is 3.87. The molecule has 14 heavy (non-hydrogen) atoms. The van der Waals surface area contributed by atoms with Crippen LogP contribution < -0.4 is 11.5 Å². The Bertz CT molecular complexity index is 412. The molecule has 0 fully saturated rings. The van der Waals surface area contributed by atoms with Gasteiger partial charge in [-0.25, -0.2) is 0 Å². The predicted octanol–water partition coefficient (Wildman–Crippen LogP) is 1.71. The summed E-state index contributed by atoms with van der Waals surface area (Å²) < 4.78 is 0. The van der Waals surface area contributed by atoms with Crippen LogP contribution in [0, 0.1) is 11.3 Å². The van der Waals surface area contributed by atoms with Crippen molar-refractivity contribution in [1.82, 2.24) is 0 Å². The molecule has 0 bridgehead atoms. The van der Waals surface area contributed by atoms with Crippen molar-refractivity contribution in [3.05, 3.63) is 16.0 Å². The molecule has 74 valence electrons. The largest absolute Gasteiger partial charge is 0.389 e. The Morgan fingerprint density at radius 2 is 2.29 bits per heavy atom. The van der Waals surface area contributed by atoms with Crippen molar-refractivity contribution in [3.8, 4) is 6.07 Å². The number of nitrogens with two attached hydrogens (primary N) is 2. The Morgan fingerprint density at radius 1 is 1.57 bits per heavy atom. The van der Waals surface area contributed by atoms with E-state index in [1.165, 1.54) is 16.2 Å². The first-order valence-corrected chi connectivity index (χ1v) is 5.48. The Balaban J connectivity index is 2.67. The number of anilines is 1. The summed E-state index contributed by atoms with van der Waals surface area (Å²) in [4.78, 5) is 1.20. The zero-order valence-corrected chi connectivity index (χ0v) is 8.95. The molecular weight excluding hydrogens is 194 g/mol. The van der Waals surface area contributed by atoms with E-state index < -0.39 is 0 Å². The second-order valence-corrected chi connectivity index (χ2v) is 5.16. The summed E-state index contributed by atoms with van der Waals surface area (Å²) in [5.41, 5.74) is 13.2. The second-order valence-electron chi connectivity index (χ2n) is 4.02. The molecule has 0 radical (unpaired) electrons. The zero-order valence-electron chi connectivity index (χ0n) is 8.13. The van der Waals surface area contributed by atoms with Crippen LogP contribution in [0.15, 0.2) is 0 Å². The van der Waals surface area contributed by atoms with Gasteiger partial charge in [0, 0.05) is 16.0 Å². The Morgan fingerprint density at radius 3 is 2.93 bits per heavy atom. The van der Waals surface area contributed by atoms with Crippen molar-refractivity contribution in [2.75, 3.05) is 5.73 Å². The number of hydrogen-bond acceptors (Lipinski definition) is 4. The van der Waals surface area contributed by atoms with Gasteiger partial charge in [0.15, 0.2) is 0 Å². The normalized spacial score (nSPS) is 25.5. The van der Waals surface area contributed by atoms with Crippen LogP contribution in [0.4, 0.5) is 5.00 Å². The summed E-state index contributed by atoms with van der Waals surface area (Å²) in [6, 6.07) is 2.16. The van der Waals surface area contributed by atoms with Crippen LogP contribution in [0.3, 0.4) is 0 Å². The number of rotatable bonds is 0. The molecule has 1 aromatic heterocycles. The number of nitriles is 1. The fourth-order valence-corrected chi connectivity index (χ4v) is 3.33. The van der Waals surface area contributed by atoms with E-state index in [0.29, 0.717) is 10.6 Å². The maximum atomic E-state index is 9.02. The summed E-state index contributed by atoms with van der Waals surface area (Å²) in [6.07, 6.45) is 3.04. The van der Waals surface area contributed by atoms with Gasteiger partial charge in [-0.1, -0.05) is 0 Å². The highest BCUT2D eigenvalue weighted by Crippen LogP contribution is 2.42. The van der Waals surface area contributed by atoms with E-state index in [0.717, 1.165) is 24.8 Å². The third-order valence-electron chi connectivity index (χ3n) is 2.79. The maximum absolute atomic E-state index is 9.02. The Hall–Kier alpha value is -1.05. The first-order chi connectivity index (χ1) is 6.56. The lowest BCUT2D eigenvalue weighted by Crippen LogP contribution is -2.36. The van der Waals surface area contributed by atoms with Crippen molar-refractivity contribution in [2.45, 2.75) is 31.7 Å². The fraction of sp³-hybridized carbons (Fsp3) is 0.500. The van der Waals surface area contributed by atoms with Crippen LogP contribution in [0.25, 0.3) is 0 Å². The van der Waals surface area contributed by atoms with Gasteiger partial charge in [0.2, 0.25) is 0 Å². The molecule has 1 aromatic rings. The van der Waals surface area contributed by atoms with Crippen molar-refractivity contribution in [1.29, 1.82) is 5.26 Å². The molecule has 1 aliphatic rings. The number of thiophene rings is 1. The highest BCUT2D eigenvalue weighted by atomic mass is 32.1. The summed E-state index contributed by atoms with van der Waals surface area (Å²) in [7, 11) is 0. The van der Waals surface area contributed by atoms with Crippen LogP contribution in [0.2, 0.25) is 0 Å². The summed E-state index contributed by atoms with van der Waals surface area (Å²) in [5.74, 6) is 0. The molecule has 0 aliphatic heterocycles. The minimum Gasteiger partial charge on any atom is -0.389 e. The fourth-order valence-electron chi connectivity index (χ4n) is 2.13. The van der Waals surface area contributed by atoms with Gasteiger partial charge >= 0.3 is 0 Å². The molecule has 4 N–H and O–H groups in total. The molecule has 1 atom stereocenters. The molecule has 0 amide bonds. The molecule has 0 saturated carbocycles. The Labute approximate surface area is 87.3 Å². The zero-order chi connectivity index (χ0) is 10.3. The van der Waals surface area contributed by atoms with Gasteiger partial charge in [0.05, 0.1) is 5.56 Å². The highest BCUT2D eigenvalue weighted by Gasteiger charge is 2.33. The summed E-state index contributed by atoms with van der Waals surface area (Å²) in [5, 5.41) is 9.64. The van der Waals surface area contributed by atoms with Gasteiger partial charge in [-0.2, -0.15) is 5.26 Å². The lowest BCUT2D eigenvalue weighted by Gasteiger charge is -2.30. The van der Waals surface area contributed by atoms with Crippen LogP contribution >= 0.6 is 11.3 Å². The Kier molecular flexibility index (Phi) is 2.02. The number of fused-ring (bicyclic) bond motifs is 1. The van der Waals surface area contributed by atoms with E-state index in [2.05, 4.69) is 6.07 Å². The minimum atomic E-state index is -0.368. The smallest absolute Gasteiger partial charge is 0.104 e. The van der Waals surface area contributed by atoms with E-state index >= 15 is 0 Å². The number of nitrogens with zero attached hydrogens (tertiary/aromatic N) is 1. The molecule has 0 spiro atoms. The maximum Gasteiger partial charge on any atom is 0.104 e. The molecule has 0 aromatic carbocycles. The average Bonchev–Trinajstić information content (AvgIpc) is 2.41. The lowest BCUT2D eigenvalue weighted by molar-refractivity contribution is 0.412. The number of hydrogen-bond donors (Lipinski definition) is 2. The molecule has 4 heteroatoms. The van der Waals surface area contributed by atoms with Crippen molar-refractivity contribution in [3.63, 3.8) is 0 Å². The molecule has 0 unspecified atom stereocenters. The van der Waals surface area contributed by atoms with E-state index in [4.69, 9.17) is 16.7 Å². The van der Waals surface area contributed by atoms with Crippen LogP contribution in [0.1, 0.15) is 35.8 Å². The SMILES string of the molecule is C[C@]1(N)CCCc2sc(N)c(C#N)c21. The van der Waals surface area contributed by atoms with Crippen molar-refractivity contribution >= 4 is 16.3 Å². The van der Waals surface area contributed by atoms with E-state index in [1.807, 2.05) is 6.92 Å². The van der Waals surface area contributed by atoms with Gasteiger partial charge in [-0.15, -0.1) is 11.3 Å². The van der Waals surface area contributed by atoms with Crippen LogP contribution in [-0.2, 0) is 12.0 Å². The molecule has 3 nitrogen and oxygen atoms in total. The first kappa shape index (κ1) is 9.50. The third kappa shape index (κ3) is 1.21. The molecule has 1 heterocycles. The topological polar surface area (TPSA) is 75.8 Å². The van der Waals surface area contributed by atoms with Crippen LogP contribution in [-0.4, -0.2) is 0 Å². The van der Waals surface area contributed by atoms with Crippen molar-refractivity contribution in [2.24, 2.45) is 5.73 Å². The average molecular weight is 207 g/mol. The first-order valence-electron chi connectivity index (χ1n) is 4.67. The molecule has 2 rings (SSSR count). The van der Waals surface area contributed by atoms with Gasteiger partial charge in [0.25, 0.3) is 0 Å². The van der Waals surface area contributed by atoms with E-state index in [9.17, 15) is 0 Å². The lowest BCUT2D eigenvalue weighted by atomic mass is 9.80. The number of nitrogen functional groups attached to an aromatic ring is 1. The van der Waals surface area contributed by atoms with Gasteiger partial charge in [0.1, 0.15) is 11.1 Å². The molecule has 1 aliphatic carbocycles. The van der Waals surface area contributed by atoms with Crippen molar-refractivity contribution < 1.29 is 0 Å². The highest BCUT2D eigenvalue weighted by molar-refractivity contribution is 7.16. The van der Waals surface area contributed by atoms with E-state index in [-0.39, 0.29) is 5.54 Å².